The quantitative estimate of drug-likeness (QED) is 0.785. The predicted octanol–water partition coefficient (Wildman–Crippen LogP) is 3.48. The van der Waals surface area contributed by atoms with Crippen LogP contribution in [-0.2, 0) is 12.7 Å². The lowest BCUT2D eigenvalue weighted by Crippen LogP contribution is -2.03. The molecule has 3 aromatic rings. The van der Waals surface area contributed by atoms with Crippen LogP contribution in [0, 0.1) is 0 Å². The molecule has 21 heavy (non-hydrogen) atoms. The first-order valence-corrected chi connectivity index (χ1v) is 6.33. The number of benzene rings is 1. The minimum absolute atomic E-state index is 0.416. The standard InChI is InChI=1S/C15H12F3N3/c16-15(17,18)12-3-1-11(2-4-12)13-9-21-6-5-10(8-19)7-14(21)20-13/h1-7,9H,8,19H2. The monoisotopic (exact) mass is 291 g/mol. The number of nitrogens with zero attached hydrogens (tertiary/aromatic N) is 2. The summed E-state index contributed by atoms with van der Waals surface area (Å²) in [5, 5.41) is 0. The summed E-state index contributed by atoms with van der Waals surface area (Å²) in [5.41, 5.74) is 7.84. The highest BCUT2D eigenvalue weighted by atomic mass is 19.4. The van der Waals surface area contributed by atoms with Gasteiger partial charge in [-0.05, 0) is 29.8 Å². The van der Waals surface area contributed by atoms with Gasteiger partial charge in [0.05, 0.1) is 11.3 Å². The van der Waals surface area contributed by atoms with Gasteiger partial charge in [0.25, 0.3) is 0 Å². The van der Waals surface area contributed by atoms with Gasteiger partial charge >= 0.3 is 6.18 Å². The van der Waals surface area contributed by atoms with Gasteiger partial charge in [-0.1, -0.05) is 12.1 Å². The van der Waals surface area contributed by atoms with Crippen LogP contribution in [0.15, 0.2) is 48.8 Å². The van der Waals surface area contributed by atoms with Crippen molar-refractivity contribution in [1.29, 1.82) is 0 Å². The minimum atomic E-state index is -4.33. The summed E-state index contributed by atoms with van der Waals surface area (Å²) in [6, 6.07) is 8.71. The molecule has 0 amide bonds. The van der Waals surface area contributed by atoms with Crippen molar-refractivity contribution < 1.29 is 13.2 Å². The molecule has 0 aliphatic rings. The maximum absolute atomic E-state index is 12.5. The van der Waals surface area contributed by atoms with Crippen LogP contribution in [-0.4, -0.2) is 9.38 Å². The molecule has 3 nitrogen and oxygen atoms in total. The van der Waals surface area contributed by atoms with Gasteiger partial charge in [0.15, 0.2) is 0 Å². The van der Waals surface area contributed by atoms with Crippen molar-refractivity contribution in [2.75, 3.05) is 0 Å². The van der Waals surface area contributed by atoms with Gasteiger partial charge in [0.1, 0.15) is 5.65 Å². The number of alkyl halides is 3. The zero-order valence-corrected chi connectivity index (χ0v) is 10.9. The summed E-state index contributed by atoms with van der Waals surface area (Å²) in [7, 11) is 0. The summed E-state index contributed by atoms with van der Waals surface area (Å²) >= 11 is 0. The molecule has 2 heterocycles. The molecule has 0 saturated heterocycles. The highest BCUT2D eigenvalue weighted by Crippen LogP contribution is 2.30. The van der Waals surface area contributed by atoms with E-state index in [-0.39, 0.29) is 0 Å². The van der Waals surface area contributed by atoms with E-state index in [1.54, 1.807) is 6.20 Å². The summed E-state index contributed by atoms with van der Waals surface area (Å²) in [6.07, 6.45) is -0.718. The average molecular weight is 291 g/mol. The summed E-state index contributed by atoms with van der Waals surface area (Å²) in [4.78, 5) is 4.41. The van der Waals surface area contributed by atoms with Gasteiger partial charge in [0, 0.05) is 24.5 Å². The molecular formula is C15H12F3N3. The highest BCUT2D eigenvalue weighted by Gasteiger charge is 2.30. The first-order valence-electron chi connectivity index (χ1n) is 6.33. The minimum Gasteiger partial charge on any atom is -0.326 e. The average Bonchev–Trinajstić information content (AvgIpc) is 2.89. The zero-order valence-electron chi connectivity index (χ0n) is 10.9. The van der Waals surface area contributed by atoms with Gasteiger partial charge in [-0.2, -0.15) is 13.2 Å². The Labute approximate surface area is 118 Å². The van der Waals surface area contributed by atoms with E-state index in [2.05, 4.69) is 4.98 Å². The molecule has 0 aliphatic carbocycles. The Hall–Kier alpha value is -2.34. The number of imidazole rings is 1. The van der Waals surface area contributed by atoms with Crippen molar-refractivity contribution in [3.63, 3.8) is 0 Å². The van der Waals surface area contributed by atoms with Gasteiger partial charge in [-0.25, -0.2) is 4.98 Å². The molecule has 3 rings (SSSR count). The number of pyridine rings is 1. The smallest absolute Gasteiger partial charge is 0.326 e. The van der Waals surface area contributed by atoms with E-state index in [1.807, 2.05) is 22.7 Å². The maximum Gasteiger partial charge on any atom is 0.416 e. The first kappa shape index (κ1) is 13.6. The second-order valence-electron chi connectivity index (χ2n) is 4.71. The summed E-state index contributed by atoms with van der Waals surface area (Å²) in [6.45, 7) is 0.416. The second kappa shape index (κ2) is 4.89. The molecule has 0 bridgehead atoms. The number of rotatable bonds is 2. The van der Waals surface area contributed by atoms with Gasteiger partial charge in [-0.15, -0.1) is 0 Å². The largest absolute Gasteiger partial charge is 0.416 e. The van der Waals surface area contributed by atoms with Crippen LogP contribution in [0.5, 0.6) is 0 Å². The van der Waals surface area contributed by atoms with E-state index in [0.717, 1.165) is 17.7 Å². The number of nitrogens with two attached hydrogens (primary N) is 1. The molecule has 6 heteroatoms. The van der Waals surface area contributed by atoms with Crippen LogP contribution in [0.1, 0.15) is 11.1 Å². The molecule has 0 unspecified atom stereocenters. The molecule has 0 spiro atoms. The molecule has 1 aromatic carbocycles. The Morgan fingerprint density at radius 1 is 1.10 bits per heavy atom. The van der Waals surface area contributed by atoms with Crippen LogP contribution in [0.4, 0.5) is 13.2 Å². The van der Waals surface area contributed by atoms with Crippen LogP contribution in [0.2, 0.25) is 0 Å². The topological polar surface area (TPSA) is 43.3 Å². The number of aromatic nitrogens is 2. The van der Waals surface area contributed by atoms with Gasteiger partial charge < -0.3 is 10.1 Å². The van der Waals surface area contributed by atoms with Crippen LogP contribution in [0.25, 0.3) is 16.9 Å². The fourth-order valence-corrected chi connectivity index (χ4v) is 2.12. The fraction of sp³-hybridized carbons (Fsp3) is 0.133. The Bertz CT molecular complexity index is 773. The molecule has 0 fully saturated rings. The Balaban J connectivity index is 2.00. The van der Waals surface area contributed by atoms with E-state index >= 15 is 0 Å². The highest BCUT2D eigenvalue weighted by molar-refractivity contribution is 5.63. The predicted molar refractivity (Wildman–Crippen MR) is 73.5 cm³/mol. The lowest BCUT2D eigenvalue weighted by atomic mass is 10.1. The number of halogens is 3. The van der Waals surface area contributed by atoms with Gasteiger partial charge in [-0.3, -0.25) is 0 Å². The third kappa shape index (κ3) is 2.62. The molecular weight excluding hydrogens is 279 g/mol. The number of hydrogen-bond acceptors (Lipinski definition) is 2. The number of fused-ring (bicyclic) bond motifs is 1. The van der Waals surface area contributed by atoms with Crippen molar-refractivity contribution in [2.45, 2.75) is 12.7 Å². The first-order chi connectivity index (χ1) is 9.97. The molecule has 2 aromatic heterocycles. The molecule has 2 N–H and O–H groups in total. The normalized spacial score (nSPS) is 12.0. The lowest BCUT2D eigenvalue weighted by molar-refractivity contribution is -0.137. The maximum atomic E-state index is 12.5. The van der Waals surface area contributed by atoms with E-state index in [1.165, 1.54) is 12.1 Å². The molecule has 108 valence electrons. The Kier molecular flexibility index (Phi) is 3.17. The zero-order chi connectivity index (χ0) is 15.0. The van der Waals surface area contributed by atoms with Crippen molar-refractivity contribution in [3.05, 3.63) is 59.9 Å². The fourth-order valence-electron chi connectivity index (χ4n) is 2.12. The SMILES string of the molecule is NCc1ccn2cc(-c3ccc(C(F)(F)F)cc3)nc2c1. The van der Waals surface area contributed by atoms with E-state index in [9.17, 15) is 13.2 Å². The van der Waals surface area contributed by atoms with Crippen molar-refractivity contribution in [2.24, 2.45) is 5.73 Å². The van der Waals surface area contributed by atoms with Crippen molar-refractivity contribution in [3.8, 4) is 11.3 Å². The van der Waals surface area contributed by atoms with Crippen molar-refractivity contribution >= 4 is 5.65 Å². The third-order valence-corrected chi connectivity index (χ3v) is 3.27. The molecule has 0 atom stereocenters. The Morgan fingerprint density at radius 2 is 1.81 bits per heavy atom. The third-order valence-electron chi connectivity index (χ3n) is 3.27. The van der Waals surface area contributed by atoms with Gasteiger partial charge in [0.2, 0.25) is 0 Å². The molecule has 0 saturated carbocycles. The van der Waals surface area contributed by atoms with E-state index in [0.29, 0.717) is 23.4 Å². The van der Waals surface area contributed by atoms with E-state index < -0.39 is 11.7 Å². The van der Waals surface area contributed by atoms with Crippen molar-refractivity contribution in [1.82, 2.24) is 9.38 Å². The summed E-state index contributed by atoms with van der Waals surface area (Å²) in [5.74, 6) is 0. The molecule has 0 radical (unpaired) electrons. The van der Waals surface area contributed by atoms with Crippen LogP contribution >= 0.6 is 0 Å². The Morgan fingerprint density at radius 3 is 2.43 bits per heavy atom. The summed E-state index contributed by atoms with van der Waals surface area (Å²) < 4.78 is 39.4. The molecule has 0 aliphatic heterocycles. The van der Waals surface area contributed by atoms with E-state index in [4.69, 9.17) is 5.73 Å². The second-order valence-corrected chi connectivity index (χ2v) is 4.71. The van der Waals surface area contributed by atoms with Crippen LogP contribution in [0.3, 0.4) is 0 Å². The lowest BCUT2D eigenvalue weighted by Gasteiger charge is -2.06. The number of hydrogen-bond donors (Lipinski definition) is 1. The van der Waals surface area contributed by atoms with Crippen LogP contribution < -0.4 is 5.73 Å².